The molecule has 0 N–H and O–H groups in total. The van der Waals surface area contributed by atoms with Gasteiger partial charge in [-0.3, -0.25) is 14.5 Å². The quantitative estimate of drug-likeness (QED) is 0.504. The average molecular weight is 489 g/mol. The summed E-state index contributed by atoms with van der Waals surface area (Å²) in [4.78, 5) is 27.5. The minimum Gasteiger partial charge on any atom is -0.368 e. The van der Waals surface area contributed by atoms with E-state index < -0.39 is 48.8 Å². The van der Waals surface area contributed by atoms with Crippen LogP contribution in [0.3, 0.4) is 0 Å². The molecule has 2 saturated heterocycles. The van der Waals surface area contributed by atoms with Crippen LogP contribution in [0.5, 0.6) is 0 Å². The van der Waals surface area contributed by atoms with E-state index in [2.05, 4.69) is 0 Å². The number of alkyl halides is 1. The minimum atomic E-state index is -1.98. The monoisotopic (exact) mass is 489 g/mol. The molecule has 7 nitrogen and oxygen atoms in total. The van der Waals surface area contributed by atoms with Crippen molar-refractivity contribution in [2.45, 2.75) is 43.6 Å². The molecular formula is C28H24FNO6. The highest BCUT2D eigenvalue weighted by molar-refractivity contribution is 6.21. The number of carbonyl (C=O) groups is 2. The van der Waals surface area contributed by atoms with E-state index in [9.17, 15) is 9.59 Å². The van der Waals surface area contributed by atoms with Gasteiger partial charge >= 0.3 is 0 Å². The molecule has 6 rings (SSSR count). The standard InChI is InChI=1S/C28H24FNO6/c29-25-22(30-26(31)19-13-7-8-14-20(19)27(30)32)24(33-15-17-9-3-1-4-10-17)23-21(35-25)16-34-28(36-23)18-11-5-2-6-12-18/h1-14,21-25,28H,15-16H2/t21?,22-,23?,24-,25-,28-/m1/s1. The van der Waals surface area contributed by atoms with E-state index in [0.29, 0.717) is 0 Å². The number of nitrogens with zero attached hydrogens (tertiary/aromatic N) is 1. The van der Waals surface area contributed by atoms with Crippen molar-refractivity contribution in [3.05, 3.63) is 107 Å². The first-order valence-electron chi connectivity index (χ1n) is 11.9. The van der Waals surface area contributed by atoms with Gasteiger partial charge in [-0.2, -0.15) is 0 Å². The lowest BCUT2D eigenvalue weighted by molar-refractivity contribution is -0.338. The smallest absolute Gasteiger partial charge is 0.262 e. The van der Waals surface area contributed by atoms with Gasteiger partial charge in [0.25, 0.3) is 11.8 Å². The van der Waals surface area contributed by atoms with Gasteiger partial charge in [0.2, 0.25) is 6.36 Å². The van der Waals surface area contributed by atoms with Crippen LogP contribution in [0.25, 0.3) is 0 Å². The van der Waals surface area contributed by atoms with Crippen LogP contribution >= 0.6 is 0 Å². The molecule has 0 aliphatic carbocycles. The highest BCUT2D eigenvalue weighted by Crippen LogP contribution is 2.39. The molecule has 2 fully saturated rings. The first-order valence-corrected chi connectivity index (χ1v) is 11.9. The number of hydrogen-bond acceptors (Lipinski definition) is 6. The molecule has 0 spiro atoms. The predicted octanol–water partition coefficient (Wildman–Crippen LogP) is 4.05. The zero-order chi connectivity index (χ0) is 24.6. The molecule has 3 aliphatic heterocycles. The predicted molar refractivity (Wildman–Crippen MR) is 126 cm³/mol. The molecule has 3 aliphatic rings. The Bertz CT molecular complexity index is 1220. The Morgan fingerprint density at radius 1 is 0.833 bits per heavy atom. The van der Waals surface area contributed by atoms with Crippen LogP contribution in [0, 0.1) is 0 Å². The molecular weight excluding hydrogens is 465 g/mol. The van der Waals surface area contributed by atoms with Crippen LogP contribution in [0.1, 0.15) is 38.1 Å². The van der Waals surface area contributed by atoms with E-state index in [4.69, 9.17) is 18.9 Å². The summed E-state index contributed by atoms with van der Waals surface area (Å²) in [6.07, 6.45) is -5.25. The Balaban J connectivity index is 1.35. The van der Waals surface area contributed by atoms with Gasteiger partial charge in [0.1, 0.15) is 24.4 Å². The van der Waals surface area contributed by atoms with Crippen LogP contribution in [0.15, 0.2) is 84.9 Å². The lowest BCUT2D eigenvalue weighted by Gasteiger charge is -2.49. The minimum absolute atomic E-state index is 0.0741. The zero-order valence-electron chi connectivity index (χ0n) is 19.2. The van der Waals surface area contributed by atoms with Gasteiger partial charge in [-0.25, -0.2) is 4.39 Å². The van der Waals surface area contributed by atoms with Crippen LogP contribution in [-0.2, 0) is 25.6 Å². The lowest BCUT2D eigenvalue weighted by atomic mass is 9.94. The Kier molecular flexibility index (Phi) is 6.10. The molecule has 8 heteroatoms. The van der Waals surface area contributed by atoms with E-state index >= 15 is 4.39 Å². The number of ether oxygens (including phenoxy) is 4. The molecule has 0 radical (unpaired) electrons. The summed E-state index contributed by atoms with van der Waals surface area (Å²) in [5, 5.41) is 0. The lowest BCUT2D eigenvalue weighted by Crippen LogP contribution is -2.66. The zero-order valence-corrected chi connectivity index (χ0v) is 19.2. The molecule has 3 aromatic rings. The number of rotatable bonds is 5. The fraction of sp³-hybridized carbons (Fsp3) is 0.286. The van der Waals surface area contributed by atoms with Gasteiger partial charge < -0.3 is 18.9 Å². The summed E-state index contributed by atoms with van der Waals surface area (Å²) < 4.78 is 39.7. The molecule has 0 bridgehead atoms. The molecule has 2 unspecified atom stereocenters. The first-order chi connectivity index (χ1) is 17.6. The molecule has 3 heterocycles. The second-order valence-corrected chi connectivity index (χ2v) is 8.98. The number of halogens is 1. The van der Waals surface area contributed by atoms with Crippen molar-refractivity contribution in [1.29, 1.82) is 0 Å². The average Bonchev–Trinajstić information content (AvgIpc) is 3.17. The molecule has 6 atom stereocenters. The first kappa shape index (κ1) is 23.0. The van der Waals surface area contributed by atoms with E-state index in [1.165, 1.54) is 0 Å². The van der Waals surface area contributed by atoms with E-state index in [0.717, 1.165) is 16.0 Å². The fourth-order valence-electron chi connectivity index (χ4n) is 5.03. The van der Waals surface area contributed by atoms with Crippen molar-refractivity contribution < 1.29 is 32.9 Å². The largest absolute Gasteiger partial charge is 0.368 e. The Hall–Kier alpha value is -3.43. The van der Waals surface area contributed by atoms with Crippen molar-refractivity contribution >= 4 is 11.8 Å². The number of fused-ring (bicyclic) bond motifs is 2. The van der Waals surface area contributed by atoms with E-state index in [1.54, 1.807) is 24.3 Å². The van der Waals surface area contributed by atoms with Gasteiger partial charge in [0, 0.05) is 5.56 Å². The number of imide groups is 1. The topological polar surface area (TPSA) is 74.3 Å². The summed E-state index contributed by atoms with van der Waals surface area (Å²) in [6, 6.07) is 23.9. The van der Waals surface area contributed by atoms with Gasteiger partial charge in [-0.1, -0.05) is 72.8 Å². The molecule has 0 aromatic heterocycles. The van der Waals surface area contributed by atoms with Gasteiger partial charge in [-0.15, -0.1) is 0 Å². The van der Waals surface area contributed by atoms with Gasteiger partial charge in [0.15, 0.2) is 6.29 Å². The summed E-state index contributed by atoms with van der Waals surface area (Å²) >= 11 is 0. The van der Waals surface area contributed by atoms with E-state index in [-0.39, 0.29) is 24.3 Å². The van der Waals surface area contributed by atoms with Crippen LogP contribution < -0.4 is 0 Å². The van der Waals surface area contributed by atoms with Crippen molar-refractivity contribution in [1.82, 2.24) is 4.90 Å². The summed E-state index contributed by atoms with van der Waals surface area (Å²) in [6.45, 7) is 0.214. The fourth-order valence-corrected chi connectivity index (χ4v) is 5.03. The van der Waals surface area contributed by atoms with Gasteiger partial charge in [0.05, 0.1) is 24.3 Å². The maximum Gasteiger partial charge on any atom is 0.262 e. The number of hydrogen-bond donors (Lipinski definition) is 0. The van der Waals surface area contributed by atoms with Gasteiger partial charge in [-0.05, 0) is 17.7 Å². The highest BCUT2D eigenvalue weighted by Gasteiger charge is 2.56. The molecule has 3 aromatic carbocycles. The van der Waals surface area contributed by atoms with Crippen LogP contribution in [0.4, 0.5) is 4.39 Å². The third-order valence-electron chi connectivity index (χ3n) is 6.77. The number of amides is 2. The Labute approximate surface area is 207 Å². The third kappa shape index (κ3) is 4.02. The van der Waals surface area contributed by atoms with Crippen molar-refractivity contribution in [3.8, 4) is 0 Å². The Morgan fingerprint density at radius 2 is 1.44 bits per heavy atom. The Morgan fingerprint density at radius 3 is 2.11 bits per heavy atom. The third-order valence-corrected chi connectivity index (χ3v) is 6.77. The van der Waals surface area contributed by atoms with Crippen molar-refractivity contribution in [3.63, 3.8) is 0 Å². The maximum absolute atomic E-state index is 15.7. The molecule has 2 amide bonds. The SMILES string of the molecule is O=C1c2ccccc2C(=O)N1[C@H]1[C@H](F)OC2CO[C@@H](c3ccccc3)OC2[C@@H]1OCc1ccccc1. The molecule has 36 heavy (non-hydrogen) atoms. The normalized spacial score (nSPS) is 29.6. The summed E-state index contributed by atoms with van der Waals surface area (Å²) in [7, 11) is 0. The number of carbonyl (C=O) groups excluding carboxylic acids is 2. The second kappa shape index (κ2) is 9.55. The van der Waals surface area contributed by atoms with E-state index in [1.807, 2.05) is 60.7 Å². The molecule has 184 valence electrons. The number of benzene rings is 3. The van der Waals surface area contributed by atoms with Crippen molar-refractivity contribution in [2.24, 2.45) is 0 Å². The summed E-state index contributed by atoms with van der Waals surface area (Å²) in [5.41, 5.74) is 2.11. The van der Waals surface area contributed by atoms with Crippen LogP contribution in [-0.4, -0.2) is 54.0 Å². The maximum atomic E-state index is 15.7. The summed E-state index contributed by atoms with van der Waals surface area (Å²) in [5.74, 6) is -1.16. The van der Waals surface area contributed by atoms with Crippen LogP contribution in [0.2, 0.25) is 0 Å². The van der Waals surface area contributed by atoms with Crippen molar-refractivity contribution in [2.75, 3.05) is 6.61 Å². The second-order valence-electron chi connectivity index (χ2n) is 8.98. The molecule has 0 saturated carbocycles. The highest BCUT2D eigenvalue weighted by atomic mass is 19.1.